The molecule has 6 heteroatoms. The van der Waals surface area contributed by atoms with E-state index in [0.717, 1.165) is 16.7 Å². The fourth-order valence-electron chi connectivity index (χ4n) is 2.67. The molecule has 0 spiro atoms. The highest BCUT2D eigenvalue weighted by Crippen LogP contribution is 2.26. The van der Waals surface area contributed by atoms with Gasteiger partial charge in [0.25, 0.3) is 6.47 Å². The minimum atomic E-state index is -0.479. The molecule has 2 aromatic carbocycles. The summed E-state index contributed by atoms with van der Waals surface area (Å²) in [7, 11) is 1.42. The van der Waals surface area contributed by atoms with Gasteiger partial charge in [0.05, 0.1) is 20.3 Å². The first-order valence-corrected chi connectivity index (χ1v) is 8.75. The number of esters is 1. The summed E-state index contributed by atoms with van der Waals surface area (Å²) < 4.78 is 28.8. The van der Waals surface area contributed by atoms with Crippen LogP contribution in [0.5, 0.6) is 5.75 Å². The molecule has 5 nitrogen and oxygen atoms in total. The van der Waals surface area contributed by atoms with Crippen LogP contribution in [0.15, 0.2) is 54.6 Å². The van der Waals surface area contributed by atoms with Crippen LogP contribution in [0.25, 0.3) is 11.1 Å². The Morgan fingerprint density at radius 1 is 1.14 bits per heavy atom. The number of carbonyl (C=O) groups is 2. The molecule has 0 radical (unpaired) electrons. The quantitative estimate of drug-likeness (QED) is 0.351. The molecule has 0 fully saturated rings. The Kier molecular flexibility index (Phi) is 7.75. The van der Waals surface area contributed by atoms with E-state index in [1.54, 1.807) is 19.1 Å². The van der Waals surface area contributed by atoms with Gasteiger partial charge in [0, 0.05) is 11.5 Å². The van der Waals surface area contributed by atoms with Crippen molar-refractivity contribution >= 4 is 12.4 Å². The molecule has 148 valence electrons. The number of rotatable bonds is 10. The second-order valence-electron chi connectivity index (χ2n) is 6.42. The normalized spacial score (nSPS) is 11.4. The molecule has 1 atom stereocenters. The van der Waals surface area contributed by atoms with Crippen molar-refractivity contribution in [1.29, 1.82) is 0 Å². The van der Waals surface area contributed by atoms with Gasteiger partial charge in [-0.25, -0.2) is 9.18 Å². The van der Waals surface area contributed by atoms with Gasteiger partial charge in [0.1, 0.15) is 0 Å². The van der Waals surface area contributed by atoms with E-state index in [9.17, 15) is 14.0 Å². The summed E-state index contributed by atoms with van der Waals surface area (Å²) in [6.07, 6.45) is 0.550. The average molecular weight is 386 g/mol. The Labute approximate surface area is 163 Å². The van der Waals surface area contributed by atoms with E-state index in [1.807, 2.05) is 24.3 Å². The van der Waals surface area contributed by atoms with Gasteiger partial charge in [-0.2, -0.15) is 0 Å². The van der Waals surface area contributed by atoms with E-state index in [0.29, 0.717) is 18.5 Å². The van der Waals surface area contributed by atoms with Gasteiger partial charge < -0.3 is 14.2 Å². The van der Waals surface area contributed by atoms with Crippen molar-refractivity contribution in [2.24, 2.45) is 5.92 Å². The molecule has 0 aliphatic carbocycles. The molecule has 0 heterocycles. The van der Waals surface area contributed by atoms with E-state index in [1.165, 1.54) is 13.2 Å². The van der Waals surface area contributed by atoms with Crippen LogP contribution in [0.2, 0.25) is 0 Å². The van der Waals surface area contributed by atoms with E-state index >= 15 is 0 Å². The maximum Gasteiger partial charge on any atom is 0.333 e. The Morgan fingerprint density at radius 2 is 1.82 bits per heavy atom. The number of carbonyl (C=O) groups excluding carboxylic acids is 2. The fraction of sp³-hybridized carbons (Fsp3) is 0.273. The van der Waals surface area contributed by atoms with Crippen molar-refractivity contribution < 1.29 is 28.2 Å². The van der Waals surface area contributed by atoms with Gasteiger partial charge in [-0.3, -0.25) is 4.79 Å². The maximum atomic E-state index is 13.9. The number of halogens is 1. The zero-order chi connectivity index (χ0) is 20.5. The maximum absolute atomic E-state index is 13.9. The minimum absolute atomic E-state index is 0.116. The summed E-state index contributed by atoms with van der Waals surface area (Å²) in [5, 5.41) is 0. The van der Waals surface area contributed by atoms with Crippen molar-refractivity contribution in [2.75, 3.05) is 20.3 Å². The SMILES string of the molecule is C=C(C)C(=O)OCC(COC=O)Cc1ccc(-c2ccc(OC)c(F)c2)cc1. The predicted molar refractivity (Wildman–Crippen MR) is 103 cm³/mol. The summed E-state index contributed by atoms with van der Waals surface area (Å²) in [4.78, 5) is 22.1. The number of hydrogen-bond acceptors (Lipinski definition) is 5. The molecule has 0 saturated carbocycles. The standard InChI is InChI=1S/C22H23FO5/c1-15(2)22(25)28-13-17(12-27-14-24)10-16-4-6-18(7-5-16)19-8-9-21(26-3)20(23)11-19/h4-9,11,14,17H,1,10,12-13H2,2-3H3. The third-order valence-corrected chi connectivity index (χ3v) is 4.16. The highest BCUT2D eigenvalue weighted by atomic mass is 19.1. The van der Waals surface area contributed by atoms with Crippen LogP contribution < -0.4 is 4.74 Å². The van der Waals surface area contributed by atoms with Gasteiger partial charge in [0.15, 0.2) is 11.6 Å². The van der Waals surface area contributed by atoms with Crippen molar-refractivity contribution in [3.63, 3.8) is 0 Å². The zero-order valence-electron chi connectivity index (χ0n) is 15.9. The van der Waals surface area contributed by atoms with Crippen molar-refractivity contribution in [3.05, 3.63) is 66.0 Å². The van der Waals surface area contributed by atoms with Crippen molar-refractivity contribution in [1.82, 2.24) is 0 Å². The Balaban J connectivity index is 2.06. The molecule has 0 saturated heterocycles. The first kappa shape index (κ1) is 21.2. The van der Waals surface area contributed by atoms with Crippen LogP contribution in [-0.2, 0) is 25.5 Å². The predicted octanol–water partition coefficient (Wildman–Crippen LogP) is 3.95. The number of ether oxygens (including phenoxy) is 3. The summed E-state index contributed by atoms with van der Waals surface area (Å²) in [6, 6.07) is 12.4. The van der Waals surface area contributed by atoms with Gasteiger partial charge in [0.2, 0.25) is 0 Å². The van der Waals surface area contributed by atoms with Gasteiger partial charge in [-0.05, 0) is 42.2 Å². The average Bonchev–Trinajstić information content (AvgIpc) is 2.70. The van der Waals surface area contributed by atoms with Crippen LogP contribution in [0.3, 0.4) is 0 Å². The van der Waals surface area contributed by atoms with Gasteiger partial charge in [-0.15, -0.1) is 0 Å². The summed E-state index contributed by atoms with van der Waals surface area (Å²) in [6.45, 7) is 5.73. The molecule has 0 N–H and O–H groups in total. The monoisotopic (exact) mass is 386 g/mol. The number of benzene rings is 2. The highest BCUT2D eigenvalue weighted by Gasteiger charge is 2.15. The van der Waals surface area contributed by atoms with E-state index < -0.39 is 11.8 Å². The van der Waals surface area contributed by atoms with Crippen LogP contribution in [-0.4, -0.2) is 32.8 Å². The number of methoxy groups -OCH3 is 1. The molecular weight excluding hydrogens is 363 g/mol. The third kappa shape index (κ3) is 5.94. The molecule has 0 aromatic heterocycles. The molecule has 0 amide bonds. The molecule has 2 aromatic rings. The molecular formula is C22H23FO5. The fourth-order valence-corrected chi connectivity index (χ4v) is 2.67. The third-order valence-electron chi connectivity index (χ3n) is 4.16. The molecule has 0 bridgehead atoms. The van der Waals surface area contributed by atoms with Crippen LogP contribution >= 0.6 is 0 Å². The topological polar surface area (TPSA) is 61.8 Å². The van der Waals surface area contributed by atoms with Gasteiger partial charge >= 0.3 is 5.97 Å². The lowest BCUT2D eigenvalue weighted by molar-refractivity contribution is -0.141. The Bertz CT molecular complexity index is 829. The van der Waals surface area contributed by atoms with Crippen molar-refractivity contribution in [3.8, 4) is 16.9 Å². The zero-order valence-corrected chi connectivity index (χ0v) is 15.9. The summed E-state index contributed by atoms with van der Waals surface area (Å²) in [5.74, 6) is -0.886. The molecule has 0 aliphatic heterocycles. The molecule has 1 unspecified atom stereocenters. The lowest BCUT2D eigenvalue weighted by Crippen LogP contribution is -2.21. The van der Waals surface area contributed by atoms with E-state index in [2.05, 4.69) is 6.58 Å². The minimum Gasteiger partial charge on any atom is -0.494 e. The first-order valence-electron chi connectivity index (χ1n) is 8.75. The Morgan fingerprint density at radius 3 is 2.39 bits per heavy atom. The van der Waals surface area contributed by atoms with Crippen LogP contribution in [0, 0.1) is 11.7 Å². The second kappa shape index (κ2) is 10.3. The summed E-state index contributed by atoms with van der Waals surface area (Å²) >= 11 is 0. The smallest absolute Gasteiger partial charge is 0.333 e. The Hall–Kier alpha value is -3.15. The summed E-state index contributed by atoms with van der Waals surface area (Å²) in [5.41, 5.74) is 2.88. The van der Waals surface area contributed by atoms with E-state index in [-0.39, 0.29) is 24.9 Å². The highest BCUT2D eigenvalue weighted by molar-refractivity contribution is 5.86. The molecule has 2 rings (SSSR count). The van der Waals surface area contributed by atoms with Crippen LogP contribution in [0.4, 0.5) is 4.39 Å². The first-order chi connectivity index (χ1) is 13.4. The largest absolute Gasteiger partial charge is 0.494 e. The second-order valence-corrected chi connectivity index (χ2v) is 6.42. The van der Waals surface area contributed by atoms with Crippen molar-refractivity contribution in [2.45, 2.75) is 13.3 Å². The lowest BCUT2D eigenvalue weighted by Gasteiger charge is -2.16. The number of hydrogen-bond donors (Lipinski definition) is 0. The van der Waals surface area contributed by atoms with Gasteiger partial charge in [-0.1, -0.05) is 36.9 Å². The van der Waals surface area contributed by atoms with E-state index in [4.69, 9.17) is 14.2 Å². The van der Waals surface area contributed by atoms with Crippen LogP contribution in [0.1, 0.15) is 12.5 Å². The lowest BCUT2D eigenvalue weighted by atomic mass is 9.97. The molecule has 0 aliphatic rings. The molecule has 28 heavy (non-hydrogen) atoms.